The highest BCUT2D eigenvalue weighted by atomic mass is 15.3. The van der Waals surface area contributed by atoms with Crippen LogP contribution in [-0.2, 0) is 0 Å². The van der Waals surface area contributed by atoms with Gasteiger partial charge < -0.3 is 9.80 Å². The van der Waals surface area contributed by atoms with Gasteiger partial charge in [-0.3, -0.25) is 4.90 Å². The molecule has 4 fully saturated rings. The minimum absolute atomic E-state index is 0.724. The van der Waals surface area contributed by atoms with E-state index in [1.54, 1.807) is 0 Å². The Morgan fingerprint density at radius 2 is 1.50 bits per heavy atom. The average Bonchev–Trinajstić information content (AvgIpc) is 3.35. The summed E-state index contributed by atoms with van der Waals surface area (Å²) in [7, 11) is 0. The quantitative estimate of drug-likeness (QED) is 0.676. The third-order valence-electron chi connectivity index (χ3n) is 8.31. The zero-order chi connectivity index (χ0) is 18.2. The highest BCUT2D eigenvalue weighted by Gasteiger charge is 2.48. The van der Waals surface area contributed by atoms with Gasteiger partial charge in [-0.25, -0.2) is 0 Å². The fraction of sp³-hybridized carbons (Fsp3) is 1.00. The van der Waals surface area contributed by atoms with Crippen LogP contribution >= 0.6 is 0 Å². The molecule has 26 heavy (non-hydrogen) atoms. The van der Waals surface area contributed by atoms with E-state index >= 15 is 0 Å². The highest BCUT2D eigenvalue weighted by Crippen LogP contribution is 2.54. The van der Waals surface area contributed by atoms with Crippen LogP contribution in [0.5, 0.6) is 0 Å². The van der Waals surface area contributed by atoms with Crippen molar-refractivity contribution in [3.63, 3.8) is 0 Å². The SMILES string of the molecule is CCCC1(CN2CCC3(CC2)CC(CN2CCN(C(C)C)CC2)C3)CC1. The summed E-state index contributed by atoms with van der Waals surface area (Å²) in [6.45, 7) is 17.8. The molecule has 150 valence electrons. The van der Waals surface area contributed by atoms with Gasteiger partial charge in [0, 0.05) is 45.3 Å². The molecule has 2 saturated heterocycles. The Kier molecular flexibility index (Phi) is 5.70. The van der Waals surface area contributed by atoms with Gasteiger partial charge >= 0.3 is 0 Å². The molecular weight excluding hydrogens is 318 g/mol. The smallest absolute Gasteiger partial charge is 0.0113 e. The molecule has 0 bridgehead atoms. The minimum atomic E-state index is 0.724. The van der Waals surface area contributed by atoms with Gasteiger partial charge in [-0.1, -0.05) is 13.3 Å². The lowest BCUT2D eigenvalue weighted by Crippen LogP contribution is -2.53. The first-order valence-corrected chi connectivity index (χ1v) is 11.7. The first-order chi connectivity index (χ1) is 12.5. The van der Waals surface area contributed by atoms with Crippen LogP contribution in [0.1, 0.15) is 72.1 Å². The third-order valence-corrected chi connectivity index (χ3v) is 8.31. The molecule has 0 amide bonds. The van der Waals surface area contributed by atoms with Gasteiger partial charge in [0.1, 0.15) is 0 Å². The number of piperidine rings is 1. The van der Waals surface area contributed by atoms with E-state index in [-0.39, 0.29) is 0 Å². The van der Waals surface area contributed by atoms with Crippen LogP contribution in [0, 0.1) is 16.7 Å². The van der Waals surface area contributed by atoms with Gasteiger partial charge in [0.2, 0.25) is 0 Å². The average molecular weight is 362 g/mol. The lowest BCUT2D eigenvalue weighted by molar-refractivity contribution is -0.0350. The maximum atomic E-state index is 2.83. The number of hydrogen-bond acceptors (Lipinski definition) is 3. The Labute approximate surface area is 162 Å². The Morgan fingerprint density at radius 3 is 2.04 bits per heavy atom. The second-order valence-corrected chi connectivity index (χ2v) is 10.7. The lowest BCUT2D eigenvalue weighted by Gasteiger charge is -2.54. The van der Waals surface area contributed by atoms with E-state index in [2.05, 4.69) is 35.5 Å². The van der Waals surface area contributed by atoms with Crippen molar-refractivity contribution in [3.8, 4) is 0 Å². The van der Waals surface area contributed by atoms with Gasteiger partial charge in [0.15, 0.2) is 0 Å². The molecule has 0 aromatic rings. The summed E-state index contributed by atoms with van der Waals surface area (Å²) >= 11 is 0. The second kappa shape index (κ2) is 7.72. The summed E-state index contributed by atoms with van der Waals surface area (Å²) in [5.74, 6) is 1.00. The summed E-state index contributed by atoms with van der Waals surface area (Å²) in [6.07, 6.45) is 11.9. The summed E-state index contributed by atoms with van der Waals surface area (Å²) < 4.78 is 0. The predicted octanol–water partition coefficient (Wildman–Crippen LogP) is 4.08. The molecule has 2 heterocycles. The molecule has 0 aromatic carbocycles. The van der Waals surface area contributed by atoms with Crippen molar-refractivity contribution in [3.05, 3.63) is 0 Å². The van der Waals surface area contributed by atoms with Crippen molar-refractivity contribution in [1.82, 2.24) is 14.7 Å². The second-order valence-electron chi connectivity index (χ2n) is 10.7. The van der Waals surface area contributed by atoms with Crippen LogP contribution in [0.2, 0.25) is 0 Å². The topological polar surface area (TPSA) is 9.72 Å². The maximum Gasteiger partial charge on any atom is 0.0113 e. The standard InChI is InChI=1S/C23H43N3/c1-4-5-22(6-7-22)19-25-10-8-23(9-11-25)16-21(17-23)18-24-12-14-26(15-13-24)20(2)3/h20-21H,4-19H2,1-3H3. The molecule has 4 rings (SSSR count). The first kappa shape index (κ1) is 19.2. The molecule has 4 aliphatic rings. The van der Waals surface area contributed by atoms with Gasteiger partial charge in [0.25, 0.3) is 0 Å². The molecule has 2 aliphatic carbocycles. The fourth-order valence-electron chi connectivity index (χ4n) is 6.38. The summed E-state index contributed by atoms with van der Waals surface area (Å²) in [5.41, 5.74) is 1.50. The van der Waals surface area contributed by atoms with Crippen molar-refractivity contribution in [2.45, 2.75) is 78.2 Å². The molecule has 2 aliphatic heterocycles. The summed E-state index contributed by atoms with van der Waals surface area (Å²) in [4.78, 5) is 8.22. The van der Waals surface area contributed by atoms with Crippen LogP contribution in [0.3, 0.4) is 0 Å². The van der Waals surface area contributed by atoms with Crippen LogP contribution in [0.15, 0.2) is 0 Å². The van der Waals surface area contributed by atoms with Gasteiger partial charge in [-0.2, -0.15) is 0 Å². The number of nitrogens with zero attached hydrogens (tertiary/aromatic N) is 3. The number of rotatable bonds is 7. The highest BCUT2D eigenvalue weighted by molar-refractivity contribution is 5.01. The van der Waals surface area contributed by atoms with Crippen LogP contribution in [0.4, 0.5) is 0 Å². The number of piperazine rings is 1. The van der Waals surface area contributed by atoms with Gasteiger partial charge in [-0.15, -0.1) is 0 Å². The van der Waals surface area contributed by atoms with Gasteiger partial charge in [-0.05, 0) is 88.6 Å². The molecule has 3 nitrogen and oxygen atoms in total. The number of likely N-dealkylation sites (tertiary alicyclic amines) is 1. The Bertz CT molecular complexity index is 446. The van der Waals surface area contributed by atoms with E-state index < -0.39 is 0 Å². The van der Waals surface area contributed by atoms with E-state index in [0.29, 0.717) is 0 Å². The molecule has 1 spiro atoms. The molecule has 0 aromatic heterocycles. The van der Waals surface area contributed by atoms with Crippen molar-refractivity contribution in [1.29, 1.82) is 0 Å². The maximum absolute atomic E-state index is 2.83. The Hall–Kier alpha value is -0.120. The Balaban J connectivity index is 1.14. The molecule has 0 radical (unpaired) electrons. The largest absolute Gasteiger partial charge is 0.303 e. The third kappa shape index (κ3) is 4.31. The summed E-state index contributed by atoms with van der Waals surface area (Å²) in [6, 6.07) is 0.724. The molecule has 0 N–H and O–H groups in total. The van der Waals surface area contributed by atoms with E-state index in [4.69, 9.17) is 0 Å². The van der Waals surface area contributed by atoms with E-state index in [0.717, 1.165) is 22.8 Å². The fourth-order valence-corrected chi connectivity index (χ4v) is 6.38. The van der Waals surface area contributed by atoms with Gasteiger partial charge in [0.05, 0.1) is 0 Å². The van der Waals surface area contributed by atoms with Crippen molar-refractivity contribution < 1.29 is 0 Å². The molecule has 2 saturated carbocycles. The Morgan fingerprint density at radius 1 is 0.846 bits per heavy atom. The molecule has 0 atom stereocenters. The predicted molar refractivity (Wildman–Crippen MR) is 111 cm³/mol. The number of hydrogen-bond donors (Lipinski definition) is 0. The lowest BCUT2D eigenvalue weighted by atomic mass is 9.57. The zero-order valence-corrected chi connectivity index (χ0v) is 17.8. The first-order valence-electron chi connectivity index (χ1n) is 11.7. The van der Waals surface area contributed by atoms with Crippen LogP contribution in [0.25, 0.3) is 0 Å². The van der Waals surface area contributed by atoms with Crippen LogP contribution in [-0.4, -0.2) is 73.1 Å². The monoisotopic (exact) mass is 361 g/mol. The van der Waals surface area contributed by atoms with Crippen molar-refractivity contribution >= 4 is 0 Å². The van der Waals surface area contributed by atoms with E-state index in [9.17, 15) is 0 Å². The minimum Gasteiger partial charge on any atom is -0.303 e. The van der Waals surface area contributed by atoms with Crippen molar-refractivity contribution in [2.24, 2.45) is 16.7 Å². The molecule has 3 heteroatoms. The molecular formula is C23H43N3. The summed E-state index contributed by atoms with van der Waals surface area (Å²) in [5, 5.41) is 0. The normalized spacial score (nSPS) is 30.0. The molecule has 0 unspecified atom stereocenters. The van der Waals surface area contributed by atoms with Crippen molar-refractivity contribution in [2.75, 3.05) is 52.4 Å². The van der Waals surface area contributed by atoms with Crippen LogP contribution < -0.4 is 0 Å². The van der Waals surface area contributed by atoms with E-state index in [1.807, 2.05) is 0 Å². The van der Waals surface area contributed by atoms with E-state index in [1.165, 1.54) is 104 Å². The zero-order valence-electron chi connectivity index (χ0n) is 17.8.